The van der Waals surface area contributed by atoms with Crippen LogP contribution in [0.5, 0.6) is 0 Å². The number of benzene rings is 1. The highest BCUT2D eigenvalue weighted by Gasteiger charge is 2.25. The van der Waals surface area contributed by atoms with E-state index in [9.17, 15) is 9.18 Å². The Morgan fingerprint density at radius 3 is 2.55 bits per heavy atom. The third kappa shape index (κ3) is 6.21. The topological polar surface area (TPSA) is 89.2 Å². The van der Waals surface area contributed by atoms with Gasteiger partial charge in [-0.25, -0.2) is 14.4 Å². The number of nitrogens with zero attached hydrogens (tertiary/aromatic N) is 4. The molecule has 1 saturated heterocycles. The molecule has 4 aromatic rings. The van der Waals surface area contributed by atoms with E-state index in [1.165, 1.54) is 12.1 Å². The van der Waals surface area contributed by atoms with Crippen molar-refractivity contribution in [2.75, 3.05) is 42.9 Å². The highest BCUT2D eigenvalue weighted by Crippen LogP contribution is 2.31. The van der Waals surface area contributed by atoms with E-state index >= 15 is 0 Å². The van der Waals surface area contributed by atoms with Gasteiger partial charge in [0.2, 0.25) is 5.91 Å². The number of H-pyrrole nitrogens is 1. The molecule has 6 rings (SSSR count). The molecule has 1 amide bonds. The maximum atomic E-state index is 13.2. The molecule has 0 atom stereocenters. The van der Waals surface area contributed by atoms with Gasteiger partial charge in [0.05, 0.1) is 6.54 Å². The summed E-state index contributed by atoms with van der Waals surface area (Å²) in [4.78, 5) is 29.3. The summed E-state index contributed by atoms with van der Waals surface area (Å²) in [5, 5.41) is 8.29. The summed E-state index contributed by atoms with van der Waals surface area (Å²) in [7, 11) is 0. The summed E-state index contributed by atoms with van der Waals surface area (Å²) in [5.41, 5.74) is 3.89. The Kier molecular flexibility index (Phi) is 7.84. The lowest BCUT2D eigenvalue weighted by molar-refractivity contribution is -0.123. The maximum absolute atomic E-state index is 13.2. The van der Waals surface area contributed by atoms with Crippen LogP contribution in [-0.2, 0) is 4.79 Å². The predicted octanol–water partition coefficient (Wildman–Crippen LogP) is 5.08. The fourth-order valence-corrected chi connectivity index (χ4v) is 6.01. The summed E-state index contributed by atoms with van der Waals surface area (Å²) in [6.07, 6.45) is 7.45. The third-order valence-electron chi connectivity index (χ3n) is 7.93. The zero-order chi connectivity index (χ0) is 27.5. The quantitative estimate of drug-likeness (QED) is 0.273. The second-order valence-corrected chi connectivity index (χ2v) is 11.1. The molecule has 1 saturated carbocycles. The average molecular weight is 562 g/mol. The highest BCUT2D eigenvalue weighted by atomic mass is 35.5. The number of nitrogens with one attached hydrogen (secondary N) is 3. The molecule has 1 aliphatic carbocycles. The van der Waals surface area contributed by atoms with Crippen LogP contribution >= 0.6 is 11.6 Å². The van der Waals surface area contributed by atoms with E-state index in [-0.39, 0.29) is 23.8 Å². The van der Waals surface area contributed by atoms with Gasteiger partial charge in [0.15, 0.2) is 0 Å². The van der Waals surface area contributed by atoms with Crippen molar-refractivity contribution in [2.24, 2.45) is 0 Å². The molecule has 0 unspecified atom stereocenters. The fraction of sp³-hybridized carbons (Fsp3) is 0.367. The van der Waals surface area contributed by atoms with Gasteiger partial charge in [-0.3, -0.25) is 9.69 Å². The first-order valence-electron chi connectivity index (χ1n) is 13.9. The summed E-state index contributed by atoms with van der Waals surface area (Å²) in [5.74, 6) is 0.618. The Balaban J connectivity index is 0.966. The molecule has 3 N–H and O–H groups in total. The Morgan fingerprint density at radius 2 is 1.77 bits per heavy atom. The van der Waals surface area contributed by atoms with Crippen molar-refractivity contribution in [1.29, 1.82) is 0 Å². The van der Waals surface area contributed by atoms with Gasteiger partial charge in [-0.1, -0.05) is 11.6 Å². The van der Waals surface area contributed by atoms with Crippen LogP contribution in [0.3, 0.4) is 0 Å². The molecule has 40 heavy (non-hydrogen) atoms. The first-order valence-corrected chi connectivity index (χ1v) is 14.3. The minimum Gasteiger partial charge on any atom is -0.369 e. The molecule has 2 aliphatic rings. The van der Waals surface area contributed by atoms with Crippen LogP contribution < -0.4 is 15.5 Å². The number of rotatable bonds is 7. The molecule has 2 fully saturated rings. The van der Waals surface area contributed by atoms with E-state index < -0.39 is 0 Å². The van der Waals surface area contributed by atoms with Crippen molar-refractivity contribution in [3.8, 4) is 11.1 Å². The zero-order valence-corrected chi connectivity index (χ0v) is 23.0. The number of piperazine rings is 1. The van der Waals surface area contributed by atoms with Crippen LogP contribution in [0, 0.1) is 5.82 Å². The second kappa shape index (κ2) is 11.8. The van der Waals surface area contributed by atoms with E-state index in [1.54, 1.807) is 6.20 Å². The van der Waals surface area contributed by atoms with Crippen molar-refractivity contribution in [1.82, 2.24) is 25.2 Å². The molecule has 0 bridgehead atoms. The van der Waals surface area contributed by atoms with Gasteiger partial charge in [0.25, 0.3) is 0 Å². The van der Waals surface area contributed by atoms with Crippen LogP contribution in [0.15, 0.2) is 60.9 Å². The number of halogens is 2. The third-order valence-corrected chi connectivity index (χ3v) is 8.13. The molecule has 1 aliphatic heterocycles. The number of anilines is 2. The van der Waals surface area contributed by atoms with Crippen LogP contribution in [0.2, 0.25) is 5.15 Å². The van der Waals surface area contributed by atoms with Crippen molar-refractivity contribution in [3.05, 3.63) is 71.9 Å². The summed E-state index contributed by atoms with van der Waals surface area (Å²) in [6.45, 7) is 3.68. The molecule has 208 valence electrons. The lowest BCUT2D eigenvalue weighted by Crippen LogP contribution is -2.51. The molecule has 3 aromatic heterocycles. The van der Waals surface area contributed by atoms with Gasteiger partial charge in [0, 0.05) is 67.3 Å². The number of hydrogen-bond donors (Lipinski definition) is 3. The standard InChI is InChI=1S/C30H33ClFN7O/c31-27-16-20(26-18-34-30-25(26)2-1-11-33-30)17-28(37-27)35-22-5-7-23(8-6-22)36-29(40)19-38-12-14-39(15-13-38)24-9-3-21(32)4-10-24/h1-4,9-11,16-18,22-23H,5-8,12-15,19H2,(H,33,34)(H,35,37)(H,36,40). The lowest BCUT2D eigenvalue weighted by atomic mass is 9.91. The highest BCUT2D eigenvalue weighted by molar-refractivity contribution is 6.29. The molecule has 4 heterocycles. The Morgan fingerprint density at radius 1 is 1.02 bits per heavy atom. The minimum absolute atomic E-state index is 0.0843. The summed E-state index contributed by atoms with van der Waals surface area (Å²) < 4.78 is 13.2. The summed E-state index contributed by atoms with van der Waals surface area (Å²) in [6, 6.07) is 14.9. The van der Waals surface area contributed by atoms with Crippen molar-refractivity contribution in [3.63, 3.8) is 0 Å². The van der Waals surface area contributed by atoms with Crippen LogP contribution in [0.25, 0.3) is 22.2 Å². The van der Waals surface area contributed by atoms with E-state index in [0.29, 0.717) is 11.7 Å². The van der Waals surface area contributed by atoms with Gasteiger partial charge in [-0.2, -0.15) is 0 Å². The number of hydrogen-bond acceptors (Lipinski definition) is 6. The second-order valence-electron chi connectivity index (χ2n) is 10.7. The van der Waals surface area contributed by atoms with Gasteiger partial charge in [-0.05, 0) is 79.8 Å². The van der Waals surface area contributed by atoms with E-state index in [4.69, 9.17) is 11.6 Å². The van der Waals surface area contributed by atoms with Crippen molar-refractivity contribution < 1.29 is 9.18 Å². The molecule has 1 aromatic carbocycles. The number of amides is 1. The van der Waals surface area contributed by atoms with Crippen LogP contribution in [-0.4, -0.2) is 70.6 Å². The molecule has 10 heteroatoms. The number of fused-ring (bicyclic) bond motifs is 1. The Hall–Kier alpha value is -3.69. The van der Waals surface area contributed by atoms with Crippen molar-refractivity contribution in [2.45, 2.75) is 37.8 Å². The number of pyridine rings is 2. The molecule has 0 spiro atoms. The van der Waals surface area contributed by atoms with Gasteiger partial charge < -0.3 is 20.5 Å². The van der Waals surface area contributed by atoms with Gasteiger partial charge in [-0.15, -0.1) is 0 Å². The molecular weight excluding hydrogens is 529 g/mol. The number of carbonyl (C=O) groups is 1. The average Bonchev–Trinajstić information content (AvgIpc) is 3.39. The van der Waals surface area contributed by atoms with E-state index in [2.05, 4.69) is 35.4 Å². The normalized spacial score (nSPS) is 20.0. The minimum atomic E-state index is -0.224. The fourth-order valence-electron chi connectivity index (χ4n) is 5.80. The smallest absolute Gasteiger partial charge is 0.234 e. The largest absolute Gasteiger partial charge is 0.369 e. The monoisotopic (exact) mass is 561 g/mol. The lowest BCUT2D eigenvalue weighted by Gasteiger charge is -2.36. The SMILES string of the molecule is O=C(CN1CCN(c2ccc(F)cc2)CC1)NC1CCC(Nc2cc(-c3c[nH]c4ncccc34)cc(Cl)n2)CC1. The Labute approximate surface area is 237 Å². The molecular formula is C30H33ClFN7O. The van der Waals surface area contributed by atoms with Crippen LogP contribution in [0.4, 0.5) is 15.9 Å². The molecule has 0 radical (unpaired) electrons. The first-order chi connectivity index (χ1) is 19.5. The zero-order valence-electron chi connectivity index (χ0n) is 22.2. The number of carbonyl (C=O) groups excluding carboxylic acids is 1. The Bertz CT molecular complexity index is 1460. The summed E-state index contributed by atoms with van der Waals surface area (Å²) >= 11 is 6.40. The molecule has 8 nitrogen and oxygen atoms in total. The van der Waals surface area contributed by atoms with Crippen LogP contribution in [0.1, 0.15) is 25.7 Å². The maximum Gasteiger partial charge on any atom is 0.234 e. The van der Waals surface area contributed by atoms with Gasteiger partial charge in [0.1, 0.15) is 22.4 Å². The van der Waals surface area contributed by atoms with E-state index in [1.807, 2.05) is 42.6 Å². The van der Waals surface area contributed by atoms with Crippen molar-refractivity contribution >= 4 is 40.0 Å². The predicted molar refractivity (Wildman–Crippen MR) is 157 cm³/mol. The number of aromatic amines is 1. The van der Waals surface area contributed by atoms with Gasteiger partial charge >= 0.3 is 0 Å². The van der Waals surface area contributed by atoms with E-state index in [0.717, 1.165) is 85.5 Å². The number of aromatic nitrogens is 3. The first kappa shape index (κ1) is 26.5.